The first kappa shape index (κ1) is 10.3. The number of thioether (sulfide) groups is 1. The normalized spacial score (nSPS) is 10.1. The van der Waals surface area contributed by atoms with Crippen LogP contribution in [-0.4, -0.2) is 23.4 Å². The van der Waals surface area contributed by atoms with Crippen molar-refractivity contribution in [3.05, 3.63) is 17.8 Å². The fourth-order valence-electron chi connectivity index (χ4n) is 0.969. The monoisotopic (exact) mass is 199 g/mol. The van der Waals surface area contributed by atoms with E-state index in [2.05, 4.69) is 15.8 Å². The quantitative estimate of drug-likeness (QED) is 0.495. The van der Waals surface area contributed by atoms with Crippen LogP contribution in [0.3, 0.4) is 0 Å². The van der Waals surface area contributed by atoms with Gasteiger partial charge in [0.15, 0.2) is 0 Å². The van der Waals surface area contributed by atoms with Crippen LogP contribution in [0, 0.1) is 0 Å². The van der Waals surface area contributed by atoms with E-state index in [0.717, 1.165) is 16.3 Å². The summed E-state index contributed by atoms with van der Waals surface area (Å²) in [5.74, 6) is 0. The number of aromatic nitrogens is 1. The van der Waals surface area contributed by atoms with Gasteiger partial charge in [-0.1, -0.05) is 0 Å². The van der Waals surface area contributed by atoms with Crippen LogP contribution >= 0.6 is 11.8 Å². The van der Waals surface area contributed by atoms with Crippen LogP contribution in [0.1, 0.15) is 5.56 Å². The second kappa shape index (κ2) is 5.06. The number of aliphatic hydroxyl groups excluding tert-OH is 1. The predicted octanol–water partition coefficient (Wildman–Crippen LogP) is 0.842. The summed E-state index contributed by atoms with van der Waals surface area (Å²) < 4.78 is 0. The Morgan fingerprint density at radius 1 is 1.62 bits per heavy atom. The highest BCUT2D eigenvalue weighted by atomic mass is 32.2. The molecule has 0 bridgehead atoms. The van der Waals surface area contributed by atoms with Gasteiger partial charge in [0, 0.05) is 13.2 Å². The second-order valence-corrected chi connectivity index (χ2v) is 3.23. The number of anilines is 1. The molecule has 1 rings (SSSR count). The summed E-state index contributed by atoms with van der Waals surface area (Å²) in [6.07, 6.45) is 3.63. The second-order valence-electron chi connectivity index (χ2n) is 2.43. The Morgan fingerprint density at radius 3 is 2.92 bits per heavy atom. The maximum absolute atomic E-state index is 8.90. The van der Waals surface area contributed by atoms with Gasteiger partial charge in [-0.25, -0.2) is 10.4 Å². The fraction of sp³-hybridized carbons (Fsp3) is 0.375. The van der Waals surface area contributed by atoms with Crippen LogP contribution in [0.25, 0.3) is 0 Å². The van der Waals surface area contributed by atoms with Crippen molar-refractivity contribution in [3.8, 4) is 0 Å². The van der Waals surface area contributed by atoms with Gasteiger partial charge in [0.05, 0.1) is 12.3 Å². The molecule has 0 saturated heterocycles. The number of hydrogen-bond acceptors (Lipinski definition) is 5. The summed E-state index contributed by atoms with van der Waals surface area (Å²) >= 11 is 1.56. The first-order valence-corrected chi connectivity index (χ1v) is 5.10. The van der Waals surface area contributed by atoms with Crippen LogP contribution in [-0.2, 0) is 6.61 Å². The lowest BCUT2D eigenvalue weighted by Crippen LogP contribution is -2.16. The molecule has 13 heavy (non-hydrogen) atoms. The Balaban J connectivity index is 2.95. The molecular formula is C8H13N3OS. The fourth-order valence-corrected chi connectivity index (χ4v) is 1.46. The Labute approximate surface area is 81.7 Å². The number of aliphatic hydroxyl groups is 1. The van der Waals surface area contributed by atoms with Crippen molar-refractivity contribution in [2.45, 2.75) is 11.6 Å². The van der Waals surface area contributed by atoms with Crippen molar-refractivity contribution in [2.75, 3.05) is 18.7 Å². The predicted molar refractivity (Wildman–Crippen MR) is 54.6 cm³/mol. The van der Waals surface area contributed by atoms with Gasteiger partial charge >= 0.3 is 0 Å². The van der Waals surface area contributed by atoms with Crippen molar-refractivity contribution in [1.29, 1.82) is 0 Å². The zero-order valence-corrected chi connectivity index (χ0v) is 8.48. The van der Waals surface area contributed by atoms with E-state index < -0.39 is 0 Å². The average molecular weight is 199 g/mol. The molecule has 5 heteroatoms. The third-order valence-corrected chi connectivity index (χ3v) is 2.26. The van der Waals surface area contributed by atoms with E-state index in [-0.39, 0.29) is 6.61 Å². The van der Waals surface area contributed by atoms with E-state index in [9.17, 15) is 0 Å². The van der Waals surface area contributed by atoms with Crippen LogP contribution in [0.15, 0.2) is 17.3 Å². The number of rotatable bonds is 4. The first-order valence-electron chi connectivity index (χ1n) is 3.88. The van der Waals surface area contributed by atoms with Gasteiger partial charge in [-0.3, -0.25) is 0 Å². The molecule has 0 aliphatic carbocycles. The molecule has 0 unspecified atom stereocenters. The van der Waals surface area contributed by atoms with E-state index in [1.165, 1.54) is 0 Å². The number of nitrogens with zero attached hydrogens (tertiary/aromatic N) is 1. The molecule has 0 aliphatic heterocycles. The zero-order valence-electron chi connectivity index (χ0n) is 7.66. The Bertz CT molecular complexity index is 280. The van der Waals surface area contributed by atoms with Gasteiger partial charge in [0.25, 0.3) is 0 Å². The molecule has 3 N–H and O–H groups in total. The largest absolute Gasteiger partial charge is 0.392 e. The molecule has 1 heterocycles. The number of hydrazine groups is 1. The lowest BCUT2D eigenvalue weighted by molar-refractivity contribution is 0.281. The topological polar surface area (TPSA) is 57.2 Å². The number of pyridine rings is 1. The third kappa shape index (κ3) is 2.58. The molecule has 0 fully saturated rings. The molecular weight excluding hydrogens is 186 g/mol. The Morgan fingerprint density at radius 2 is 2.38 bits per heavy atom. The van der Waals surface area contributed by atoms with Gasteiger partial charge in [-0.15, -0.1) is 11.8 Å². The molecule has 0 aromatic carbocycles. The van der Waals surface area contributed by atoms with Crippen molar-refractivity contribution in [2.24, 2.45) is 0 Å². The van der Waals surface area contributed by atoms with E-state index in [1.54, 1.807) is 25.0 Å². The minimum Gasteiger partial charge on any atom is -0.392 e. The van der Waals surface area contributed by atoms with Gasteiger partial charge < -0.3 is 10.5 Å². The van der Waals surface area contributed by atoms with Gasteiger partial charge in [0.2, 0.25) is 0 Å². The van der Waals surface area contributed by atoms with E-state index in [0.29, 0.717) is 0 Å². The molecule has 0 atom stereocenters. The molecule has 1 aromatic rings. The van der Waals surface area contributed by atoms with Gasteiger partial charge in [-0.2, -0.15) is 0 Å². The summed E-state index contributed by atoms with van der Waals surface area (Å²) in [4.78, 5) is 4.19. The maximum Gasteiger partial charge on any atom is 0.120 e. The molecule has 0 spiro atoms. The van der Waals surface area contributed by atoms with Crippen molar-refractivity contribution >= 4 is 17.4 Å². The van der Waals surface area contributed by atoms with Crippen LogP contribution < -0.4 is 10.9 Å². The lowest BCUT2D eigenvalue weighted by atomic mass is 10.3. The molecule has 4 nitrogen and oxygen atoms in total. The molecule has 1 aromatic heterocycles. The van der Waals surface area contributed by atoms with E-state index in [4.69, 9.17) is 5.11 Å². The zero-order chi connectivity index (χ0) is 9.68. The number of hydrogen-bond donors (Lipinski definition) is 3. The summed E-state index contributed by atoms with van der Waals surface area (Å²) in [5, 5.41) is 9.81. The summed E-state index contributed by atoms with van der Waals surface area (Å²) in [6, 6.07) is 1.87. The van der Waals surface area contributed by atoms with Crippen molar-refractivity contribution in [1.82, 2.24) is 10.4 Å². The Hall–Kier alpha value is -0.780. The van der Waals surface area contributed by atoms with Gasteiger partial charge in [-0.05, 0) is 17.9 Å². The minimum absolute atomic E-state index is 0.0139. The average Bonchev–Trinajstić information content (AvgIpc) is 2.18. The molecule has 0 radical (unpaired) electrons. The van der Waals surface area contributed by atoms with Crippen LogP contribution in [0.2, 0.25) is 0 Å². The highest BCUT2D eigenvalue weighted by molar-refractivity contribution is 7.98. The smallest absolute Gasteiger partial charge is 0.120 e. The summed E-state index contributed by atoms with van der Waals surface area (Å²) in [7, 11) is 1.79. The molecule has 0 amide bonds. The van der Waals surface area contributed by atoms with Crippen molar-refractivity contribution < 1.29 is 5.11 Å². The van der Waals surface area contributed by atoms with Gasteiger partial charge in [0.1, 0.15) is 5.03 Å². The van der Waals surface area contributed by atoms with E-state index in [1.807, 2.05) is 12.3 Å². The lowest BCUT2D eigenvalue weighted by Gasteiger charge is -2.09. The molecule has 72 valence electrons. The summed E-state index contributed by atoms with van der Waals surface area (Å²) in [6.45, 7) is 0.0139. The third-order valence-electron chi connectivity index (χ3n) is 1.54. The van der Waals surface area contributed by atoms with Crippen molar-refractivity contribution in [3.63, 3.8) is 0 Å². The summed E-state index contributed by atoms with van der Waals surface area (Å²) in [5.41, 5.74) is 7.47. The standard InChI is InChI=1S/C8H13N3OS/c1-9-11-7-3-6(5-12)4-10-8(7)13-2/h3-4,9,11-12H,5H2,1-2H3. The Kier molecular flexibility index (Phi) is 4.01. The highest BCUT2D eigenvalue weighted by Crippen LogP contribution is 2.22. The highest BCUT2D eigenvalue weighted by Gasteiger charge is 2.02. The molecule has 0 saturated carbocycles. The van der Waals surface area contributed by atoms with E-state index >= 15 is 0 Å². The SMILES string of the molecule is CNNc1cc(CO)cnc1SC. The maximum atomic E-state index is 8.90. The van der Waals surface area contributed by atoms with Crippen LogP contribution in [0.5, 0.6) is 0 Å². The molecule has 0 aliphatic rings. The first-order chi connectivity index (χ1) is 6.31. The van der Waals surface area contributed by atoms with Crippen LogP contribution in [0.4, 0.5) is 5.69 Å². The number of nitrogens with one attached hydrogen (secondary N) is 2. The minimum atomic E-state index is 0.0139.